The Labute approximate surface area is 92.0 Å². The molecule has 0 unspecified atom stereocenters. The van der Waals surface area contributed by atoms with E-state index in [-0.39, 0.29) is 5.97 Å². The summed E-state index contributed by atoms with van der Waals surface area (Å²) < 4.78 is 4.85. The van der Waals surface area contributed by atoms with Gasteiger partial charge in [-0.1, -0.05) is 39.0 Å². The lowest BCUT2D eigenvalue weighted by Crippen LogP contribution is -2.06. The highest BCUT2D eigenvalue weighted by molar-refractivity contribution is 6.18. The van der Waals surface area contributed by atoms with Gasteiger partial charge in [-0.25, -0.2) is 0 Å². The van der Waals surface area contributed by atoms with Crippen molar-refractivity contribution in [3.05, 3.63) is 0 Å². The van der Waals surface area contributed by atoms with E-state index in [1.54, 1.807) is 0 Å². The van der Waals surface area contributed by atoms with E-state index in [1.807, 2.05) is 0 Å². The molecular formula is C11H21ClO2. The average Bonchev–Trinajstić information content (AvgIpc) is 2.20. The van der Waals surface area contributed by atoms with Gasteiger partial charge in [0.1, 0.15) is 6.61 Å². The Kier molecular flexibility index (Phi) is 10.7. The Morgan fingerprint density at radius 2 is 1.79 bits per heavy atom. The Bertz CT molecular complexity index is 137. The van der Waals surface area contributed by atoms with E-state index in [9.17, 15) is 4.79 Å². The van der Waals surface area contributed by atoms with Gasteiger partial charge in [0.25, 0.3) is 0 Å². The van der Waals surface area contributed by atoms with Crippen LogP contribution < -0.4 is 0 Å². The van der Waals surface area contributed by atoms with Gasteiger partial charge in [0.2, 0.25) is 0 Å². The molecule has 0 bridgehead atoms. The second-order valence-corrected chi connectivity index (χ2v) is 3.81. The highest BCUT2D eigenvalue weighted by Gasteiger charge is 2.01. The van der Waals surface area contributed by atoms with E-state index in [4.69, 9.17) is 16.3 Å². The van der Waals surface area contributed by atoms with Crippen molar-refractivity contribution in [2.45, 2.75) is 51.9 Å². The van der Waals surface area contributed by atoms with Crippen molar-refractivity contribution in [3.63, 3.8) is 0 Å². The van der Waals surface area contributed by atoms with Crippen LogP contribution in [0.4, 0.5) is 0 Å². The van der Waals surface area contributed by atoms with E-state index in [0.717, 1.165) is 12.8 Å². The van der Waals surface area contributed by atoms with Gasteiger partial charge in [-0.3, -0.25) is 4.79 Å². The van der Waals surface area contributed by atoms with Gasteiger partial charge in [0, 0.05) is 6.42 Å². The minimum Gasteiger partial charge on any atom is -0.464 e. The molecule has 0 aliphatic heterocycles. The summed E-state index contributed by atoms with van der Waals surface area (Å²) in [6.45, 7) is 2.54. The molecule has 84 valence electrons. The van der Waals surface area contributed by atoms with Crippen LogP contribution in [0.15, 0.2) is 0 Å². The monoisotopic (exact) mass is 220 g/mol. The molecule has 0 radical (unpaired) electrons. The predicted molar refractivity (Wildman–Crippen MR) is 59.7 cm³/mol. The van der Waals surface area contributed by atoms with E-state index in [2.05, 4.69) is 6.92 Å². The molecule has 0 spiro atoms. The SMILES string of the molecule is CCCCCCCCC(=O)OCCCl. The van der Waals surface area contributed by atoms with Crippen LogP contribution in [0.25, 0.3) is 0 Å². The lowest BCUT2D eigenvalue weighted by Gasteiger charge is -2.02. The van der Waals surface area contributed by atoms with Crippen LogP contribution in [0, 0.1) is 0 Å². The highest BCUT2D eigenvalue weighted by atomic mass is 35.5. The third-order valence-electron chi connectivity index (χ3n) is 2.07. The Balaban J connectivity index is 3.07. The smallest absolute Gasteiger partial charge is 0.305 e. The fraction of sp³-hybridized carbons (Fsp3) is 0.909. The average molecular weight is 221 g/mol. The van der Waals surface area contributed by atoms with Crippen LogP contribution in [-0.4, -0.2) is 18.5 Å². The van der Waals surface area contributed by atoms with Gasteiger partial charge >= 0.3 is 5.97 Å². The largest absolute Gasteiger partial charge is 0.464 e. The van der Waals surface area contributed by atoms with Gasteiger partial charge in [0.05, 0.1) is 5.88 Å². The van der Waals surface area contributed by atoms with Gasteiger partial charge in [-0.2, -0.15) is 0 Å². The van der Waals surface area contributed by atoms with Crippen molar-refractivity contribution in [2.24, 2.45) is 0 Å². The zero-order valence-corrected chi connectivity index (χ0v) is 9.81. The van der Waals surface area contributed by atoms with Crippen molar-refractivity contribution in [3.8, 4) is 0 Å². The van der Waals surface area contributed by atoms with Crippen LogP contribution >= 0.6 is 11.6 Å². The summed E-state index contributed by atoms with van der Waals surface area (Å²) in [5, 5.41) is 0. The van der Waals surface area contributed by atoms with Crippen LogP contribution in [0.5, 0.6) is 0 Å². The van der Waals surface area contributed by atoms with Gasteiger partial charge in [-0.15, -0.1) is 11.6 Å². The van der Waals surface area contributed by atoms with Crippen LogP contribution in [0.3, 0.4) is 0 Å². The van der Waals surface area contributed by atoms with Gasteiger partial charge < -0.3 is 4.74 Å². The lowest BCUT2D eigenvalue weighted by atomic mass is 10.1. The topological polar surface area (TPSA) is 26.3 Å². The fourth-order valence-electron chi connectivity index (χ4n) is 1.27. The van der Waals surface area contributed by atoms with Crippen LogP contribution in [0.2, 0.25) is 0 Å². The van der Waals surface area contributed by atoms with Gasteiger partial charge in [-0.05, 0) is 6.42 Å². The molecule has 2 nitrogen and oxygen atoms in total. The Morgan fingerprint density at radius 3 is 2.43 bits per heavy atom. The van der Waals surface area contributed by atoms with Crippen molar-refractivity contribution in [1.29, 1.82) is 0 Å². The summed E-state index contributed by atoms with van der Waals surface area (Å²) >= 11 is 5.39. The quantitative estimate of drug-likeness (QED) is 0.338. The number of hydrogen-bond acceptors (Lipinski definition) is 2. The Hall–Kier alpha value is -0.240. The molecule has 0 amide bonds. The molecule has 0 aliphatic carbocycles. The van der Waals surface area contributed by atoms with Gasteiger partial charge in [0.15, 0.2) is 0 Å². The molecule has 0 rings (SSSR count). The number of alkyl halides is 1. The molecule has 0 aromatic carbocycles. The molecule has 0 aromatic rings. The maximum atomic E-state index is 11.0. The molecule has 0 saturated heterocycles. The number of unbranched alkanes of at least 4 members (excludes halogenated alkanes) is 5. The fourth-order valence-corrected chi connectivity index (χ4v) is 1.35. The molecule has 0 heterocycles. The van der Waals surface area contributed by atoms with E-state index < -0.39 is 0 Å². The van der Waals surface area contributed by atoms with Crippen molar-refractivity contribution in [2.75, 3.05) is 12.5 Å². The summed E-state index contributed by atoms with van der Waals surface area (Å²) in [5.41, 5.74) is 0. The molecule has 0 N–H and O–H groups in total. The third-order valence-corrected chi connectivity index (χ3v) is 2.23. The number of rotatable bonds is 9. The van der Waals surface area contributed by atoms with E-state index in [1.165, 1.54) is 25.7 Å². The van der Waals surface area contributed by atoms with Crippen molar-refractivity contribution in [1.82, 2.24) is 0 Å². The number of ether oxygens (including phenoxy) is 1. The standard InChI is InChI=1S/C11H21ClO2/c1-2-3-4-5-6-7-8-11(13)14-10-9-12/h2-10H2,1H3. The number of halogens is 1. The highest BCUT2D eigenvalue weighted by Crippen LogP contribution is 2.07. The minimum atomic E-state index is -0.110. The minimum absolute atomic E-state index is 0.110. The maximum absolute atomic E-state index is 11.0. The Morgan fingerprint density at radius 1 is 1.14 bits per heavy atom. The maximum Gasteiger partial charge on any atom is 0.305 e. The zero-order valence-electron chi connectivity index (χ0n) is 9.06. The van der Waals surface area contributed by atoms with Crippen molar-refractivity contribution < 1.29 is 9.53 Å². The molecule has 0 aromatic heterocycles. The van der Waals surface area contributed by atoms with Crippen molar-refractivity contribution >= 4 is 17.6 Å². The first-order valence-electron chi connectivity index (χ1n) is 5.52. The number of carbonyl (C=O) groups excluding carboxylic acids is 1. The lowest BCUT2D eigenvalue weighted by molar-refractivity contribution is -0.143. The third kappa shape index (κ3) is 9.85. The number of esters is 1. The molecule has 0 aliphatic rings. The normalized spacial score (nSPS) is 10.1. The predicted octanol–water partition coefficient (Wildman–Crippen LogP) is 3.52. The second kappa shape index (κ2) is 10.8. The first-order chi connectivity index (χ1) is 6.81. The molecule has 0 atom stereocenters. The summed E-state index contributed by atoms with van der Waals surface area (Å²) in [6.07, 6.45) is 7.71. The summed E-state index contributed by atoms with van der Waals surface area (Å²) in [4.78, 5) is 11.0. The van der Waals surface area contributed by atoms with Crippen LogP contribution in [0.1, 0.15) is 51.9 Å². The molecule has 14 heavy (non-hydrogen) atoms. The summed E-state index contributed by atoms with van der Waals surface area (Å²) in [7, 11) is 0. The molecular weight excluding hydrogens is 200 g/mol. The second-order valence-electron chi connectivity index (χ2n) is 3.43. The summed E-state index contributed by atoms with van der Waals surface area (Å²) in [6, 6.07) is 0. The van der Waals surface area contributed by atoms with Crippen LogP contribution in [-0.2, 0) is 9.53 Å². The summed E-state index contributed by atoms with van der Waals surface area (Å²) in [5.74, 6) is 0.281. The zero-order chi connectivity index (χ0) is 10.6. The van der Waals surface area contributed by atoms with E-state index in [0.29, 0.717) is 18.9 Å². The number of carbonyl (C=O) groups is 1. The molecule has 0 saturated carbocycles. The number of hydrogen-bond donors (Lipinski definition) is 0. The molecule has 0 fully saturated rings. The molecule has 3 heteroatoms. The first-order valence-corrected chi connectivity index (χ1v) is 6.06. The van der Waals surface area contributed by atoms with E-state index >= 15 is 0 Å². The first kappa shape index (κ1) is 13.8.